The van der Waals surface area contributed by atoms with Crippen LogP contribution in [0, 0.1) is 11.8 Å². The first-order valence-corrected chi connectivity index (χ1v) is 5.58. The molecule has 1 aliphatic rings. The highest BCUT2D eigenvalue weighted by Crippen LogP contribution is 2.21. The number of hydrogen-bond acceptors (Lipinski definition) is 2. The summed E-state index contributed by atoms with van der Waals surface area (Å²) < 4.78 is 0. The Morgan fingerprint density at radius 3 is 2.64 bits per heavy atom. The number of hydrogen-bond donors (Lipinski definition) is 1. The van der Waals surface area contributed by atoms with Gasteiger partial charge in [0.05, 0.1) is 0 Å². The van der Waals surface area contributed by atoms with E-state index in [1.807, 2.05) is 11.8 Å². The first kappa shape index (κ1) is 11.5. The lowest BCUT2D eigenvalue weighted by Gasteiger charge is -2.28. The van der Waals surface area contributed by atoms with Crippen molar-refractivity contribution in [2.45, 2.75) is 39.7 Å². The van der Waals surface area contributed by atoms with Crippen LogP contribution in [0.3, 0.4) is 0 Å². The van der Waals surface area contributed by atoms with Gasteiger partial charge >= 0.3 is 0 Å². The zero-order valence-corrected chi connectivity index (χ0v) is 9.49. The van der Waals surface area contributed by atoms with E-state index in [0.29, 0.717) is 18.5 Å². The van der Waals surface area contributed by atoms with Crippen LogP contribution in [-0.4, -0.2) is 29.9 Å². The van der Waals surface area contributed by atoms with E-state index in [1.54, 1.807) is 0 Å². The Kier molecular flexibility index (Phi) is 3.93. The molecule has 0 aromatic rings. The molecule has 1 saturated heterocycles. The summed E-state index contributed by atoms with van der Waals surface area (Å²) >= 11 is 0. The van der Waals surface area contributed by atoms with E-state index in [-0.39, 0.29) is 11.8 Å². The number of nitrogens with zero attached hydrogens (tertiary/aromatic N) is 1. The topological polar surface area (TPSA) is 46.3 Å². The summed E-state index contributed by atoms with van der Waals surface area (Å²) in [6.07, 6.45) is 2.19. The summed E-state index contributed by atoms with van der Waals surface area (Å²) in [4.78, 5) is 14.0. The normalized spacial score (nSPS) is 24.4. The summed E-state index contributed by atoms with van der Waals surface area (Å²) in [5, 5.41) is 0. The van der Waals surface area contributed by atoms with Crippen molar-refractivity contribution in [2.75, 3.05) is 13.1 Å². The van der Waals surface area contributed by atoms with Crippen molar-refractivity contribution in [3.05, 3.63) is 0 Å². The highest BCUT2D eigenvalue weighted by Gasteiger charge is 2.31. The molecule has 0 spiro atoms. The number of likely N-dealkylation sites (tertiary alicyclic amines) is 1. The van der Waals surface area contributed by atoms with E-state index >= 15 is 0 Å². The van der Waals surface area contributed by atoms with Gasteiger partial charge < -0.3 is 10.6 Å². The maximum absolute atomic E-state index is 12.0. The van der Waals surface area contributed by atoms with Crippen LogP contribution < -0.4 is 5.73 Å². The van der Waals surface area contributed by atoms with Gasteiger partial charge in [-0.05, 0) is 18.8 Å². The molecular weight excluding hydrogens is 176 g/mol. The number of rotatable bonds is 3. The second kappa shape index (κ2) is 4.78. The van der Waals surface area contributed by atoms with Crippen LogP contribution in [0.15, 0.2) is 0 Å². The lowest BCUT2D eigenvalue weighted by molar-refractivity contribution is -0.137. The van der Waals surface area contributed by atoms with Crippen molar-refractivity contribution < 1.29 is 4.79 Å². The lowest BCUT2D eigenvalue weighted by atomic mass is 9.96. The molecule has 1 rings (SSSR count). The van der Waals surface area contributed by atoms with Crippen molar-refractivity contribution >= 4 is 5.91 Å². The molecule has 1 aliphatic heterocycles. The summed E-state index contributed by atoms with van der Waals surface area (Å²) in [7, 11) is 0. The second-order valence-electron chi connectivity index (χ2n) is 4.60. The molecule has 2 unspecified atom stereocenters. The molecule has 0 bridgehead atoms. The third-order valence-corrected chi connectivity index (χ3v) is 3.32. The van der Waals surface area contributed by atoms with E-state index in [0.717, 1.165) is 19.4 Å². The zero-order chi connectivity index (χ0) is 10.7. The van der Waals surface area contributed by atoms with Crippen LogP contribution in [0.5, 0.6) is 0 Å². The van der Waals surface area contributed by atoms with Gasteiger partial charge in [0.2, 0.25) is 5.91 Å². The predicted molar refractivity (Wildman–Crippen MR) is 57.8 cm³/mol. The van der Waals surface area contributed by atoms with Gasteiger partial charge in [-0.25, -0.2) is 0 Å². The fourth-order valence-corrected chi connectivity index (χ4v) is 1.92. The summed E-state index contributed by atoms with van der Waals surface area (Å²) in [6.45, 7) is 7.71. The molecule has 1 heterocycles. The first-order valence-electron chi connectivity index (χ1n) is 5.58. The monoisotopic (exact) mass is 198 g/mol. The van der Waals surface area contributed by atoms with Crippen molar-refractivity contribution in [1.82, 2.24) is 4.90 Å². The third kappa shape index (κ3) is 2.27. The lowest BCUT2D eigenvalue weighted by Crippen LogP contribution is -2.43. The average molecular weight is 198 g/mol. The maximum Gasteiger partial charge on any atom is 0.225 e. The molecular formula is C11H22N2O. The Balaban J connectivity index is 2.59. The summed E-state index contributed by atoms with van der Waals surface area (Å²) in [6, 6.07) is 0.295. The van der Waals surface area contributed by atoms with Crippen molar-refractivity contribution in [2.24, 2.45) is 17.6 Å². The SMILES string of the molecule is CC(C)C(C)C(=O)N1CCCC1CN. The minimum absolute atomic E-state index is 0.127. The van der Waals surface area contributed by atoms with Gasteiger partial charge in [0, 0.05) is 25.0 Å². The number of carbonyl (C=O) groups is 1. The van der Waals surface area contributed by atoms with Gasteiger partial charge in [-0.3, -0.25) is 4.79 Å². The van der Waals surface area contributed by atoms with Crippen molar-refractivity contribution in [3.8, 4) is 0 Å². The van der Waals surface area contributed by atoms with Gasteiger partial charge in [-0.15, -0.1) is 0 Å². The molecule has 2 N–H and O–H groups in total. The molecule has 14 heavy (non-hydrogen) atoms. The van der Waals surface area contributed by atoms with Crippen LogP contribution in [0.2, 0.25) is 0 Å². The van der Waals surface area contributed by atoms with Crippen LogP contribution in [0.1, 0.15) is 33.6 Å². The van der Waals surface area contributed by atoms with E-state index < -0.39 is 0 Å². The largest absolute Gasteiger partial charge is 0.338 e. The fraction of sp³-hybridized carbons (Fsp3) is 0.909. The molecule has 2 atom stereocenters. The smallest absolute Gasteiger partial charge is 0.225 e. The minimum Gasteiger partial charge on any atom is -0.338 e. The Morgan fingerprint density at radius 1 is 1.50 bits per heavy atom. The highest BCUT2D eigenvalue weighted by molar-refractivity contribution is 5.79. The van der Waals surface area contributed by atoms with E-state index in [2.05, 4.69) is 13.8 Å². The maximum atomic E-state index is 12.0. The zero-order valence-electron chi connectivity index (χ0n) is 9.49. The van der Waals surface area contributed by atoms with Crippen LogP contribution in [-0.2, 0) is 4.79 Å². The summed E-state index contributed by atoms with van der Waals surface area (Å²) in [5.74, 6) is 0.830. The van der Waals surface area contributed by atoms with Gasteiger partial charge in [-0.1, -0.05) is 20.8 Å². The fourth-order valence-electron chi connectivity index (χ4n) is 1.92. The Morgan fingerprint density at radius 2 is 2.14 bits per heavy atom. The van der Waals surface area contributed by atoms with Gasteiger partial charge in [0.15, 0.2) is 0 Å². The molecule has 0 saturated carbocycles. The van der Waals surface area contributed by atoms with Crippen LogP contribution in [0.4, 0.5) is 0 Å². The van der Waals surface area contributed by atoms with Crippen LogP contribution >= 0.6 is 0 Å². The number of carbonyl (C=O) groups excluding carboxylic acids is 1. The van der Waals surface area contributed by atoms with Crippen LogP contribution in [0.25, 0.3) is 0 Å². The molecule has 82 valence electrons. The standard InChI is InChI=1S/C11H22N2O/c1-8(2)9(3)11(14)13-6-4-5-10(13)7-12/h8-10H,4-7,12H2,1-3H3. The van der Waals surface area contributed by atoms with Gasteiger partial charge in [-0.2, -0.15) is 0 Å². The predicted octanol–water partition coefficient (Wildman–Crippen LogP) is 1.23. The first-order chi connectivity index (χ1) is 6.57. The van der Waals surface area contributed by atoms with E-state index in [1.165, 1.54) is 0 Å². The molecule has 0 aliphatic carbocycles. The number of amides is 1. The Bertz CT molecular complexity index is 203. The molecule has 0 aromatic heterocycles. The van der Waals surface area contributed by atoms with Gasteiger partial charge in [0.25, 0.3) is 0 Å². The summed E-state index contributed by atoms with van der Waals surface area (Å²) in [5.41, 5.74) is 5.64. The number of nitrogens with two attached hydrogens (primary N) is 1. The third-order valence-electron chi connectivity index (χ3n) is 3.32. The van der Waals surface area contributed by atoms with Crippen molar-refractivity contribution in [3.63, 3.8) is 0 Å². The molecule has 3 heteroatoms. The molecule has 1 amide bonds. The van der Waals surface area contributed by atoms with E-state index in [9.17, 15) is 4.79 Å². The second-order valence-corrected chi connectivity index (χ2v) is 4.60. The quantitative estimate of drug-likeness (QED) is 0.741. The average Bonchev–Trinajstić information content (AvgIpc) is 2.62. The van der Waals surface area contributed by atoms with Crippen molar-refractivity contribution in [1.29, 1.82) is 0 Å². The van der Waals surface area contributed by atoms with E-state index in [4.69, 9.17) is 5.73 Å². The Labute approximate surface area is 86.6 Å². The minimum atomic E-state index is 0.127. The molecule has 0 radical (unpaired) electrons. The molecule has 0 aromatic carbocycles. The molecule has 3 nitrogen and oxygen atoms in total. The molecule has 1 fully saturated rings. The highest BCUT2D eigenvalue weighted by atomic mass is 16.2. The Hall–Kier alpha value is -0.570. The van der Waals surface area contributed by atoms with Gasteiger partial charge in [0.1, 0.15) is 0 Å².